The highest BCUT2D eigenvalue weighted by Crippen LogP contribution is 2.37. The fourth-order valence-corrected chi connectivity index (χ4v) is 2.09. The average molecular weight is 174 g/mol. The van der Waals surface area contributed by atoms with Crippen LogP contribution in [0.2, 0.25) is 0 Å². The Morgan fingerprint density at radius 3 is 2.69 bits per heavy atom. The first-order chi connectivity index (χ1) is 6.20. The lowest BCUT2D eigenvalue weighted by molar-refractivity contribution is 0.0984. The van der Waals surface area contributed by atoms with Crippen LogP contribution >= 0.6 is 0 Å². The molecule has 0 spiro atoms. The van der Waals surface area contributed by atoms with Crippen LogP contribution in [0.3, 0.4) is 0 Å². The van der Waals surface area contributed by atoms with E-state index in [1.165, 1.54) is 5.56 Å². The predicted molar refractivity (Wildman–Crippen MR) is 53.0 cm³/mol. The van der Waals surface area contributed by atoms with Gasteiger partial charge >= 0.3 is 0 Å². The highest BCUT2D eigenvalue weighted by atomic mass is 16.1. The maximum atomic E-state index is 11.6. The Balaban J connectivity index is 2.47. The molecule has 1 aromatic carbocycles. The van der Waals surface area contributed by atoms with Crippen LogP contribution in [0.15, 0.2) is 24.3 Å². The summed E-state index contributed by atoms with van der Waals surface area (Å²) in [6.45, 7) is 4.36. The summed E-state index contributed by atoms with van der Waals surface area (Å²) in [5, 5.41) is 0. The zero-order chi connectivity index (χ0) is 9.42. The van der Waals surface area contributed by atoms with Gasteiger partial charge in [-0.3, -0.25) is 4.79 Å². The smallest absolute Gasteiger partial charge is 0.163 e. The van der Waals surface area contributed by atoms with Gasteiger partial charge in [-0.25, -0.2) is 0 Å². The van der Waals surface area contributed by atoms with Crippen LogP contribution in [0.25, 0.3) is 0 Å². The fourth-order valence-electron chi connectivity index (χ4n) is 2.09. The number of hydrogen-bond donors (Lipinski definition) is 0. The molecule has 68 valence electrons. The molecule has 0 radical (unpaired) electrons. The molecule has 0 aliphatic heterocycles. The van der Waals surface area contributed by atoms with Crippen LogP contribution in [0.1, 0.15) is 42.1 Å². The molecule has 1 heteroatoms. The van der Waals surface area contributed by atoms with Crippen molar-refractivity contribution >= 4 is 5.78 Å². The van der Waals surface area contributed by atoms with Crippen LogP contribution in [0.4, 0.5) is 0 Å². The molecule has 1 atom stereocenters. The summed E-state index contributed by atoms with van der Waals surface area (Å²) < 4.78 is 0. The predicted octanol–water partition coefficient (Wildman–Crippen LogP) is 3.01. The third-order valence-electron chi connectivity index (χ3n) is 2.87. The van der Waals surface area contributed by atoms with E-state index >= 15 is 0 Å². The molecule has 0 N–H and O–H groups in total. The molecule has 0 amide bonds. The summed E-state index contributed by atoms with van der Waals surface area (Å²) in [6.07, 6.45) is 0.705. The average Bonchev–Trinajstić information content (AvgIpc) is 2.45. The molecule has 0 unspecified atom stereocenters. The molecule has 0 fully saturated rings. The Morgan fingerprint density at radius 1 is 1.31 bits per heavy atom. The first-order valence-electron chi connectivity index (χ1n) is 4.82. The van der Waals surface area contributed by atoms with Crippen molar-refractivity contribution in [1.29, 1.82) is 0 Å². The highest BCUT2D eigenvalue weighted by molar-refractivity contribution is 6.01. The standard InChI is InChI=1S/C12H14O/c1-8(2)11-7-12(13)10-6-4-3-5-9(10)11/h3-6,8,11H,7H2,1-2H3/t11-/m1/s1. The van der Waals surface area contributed by atoms with Crippen molar-refractivity contribution in [2.45, 2.75) is 26.2 Å². The Labute approximate surface area is 78.8 Å². The third-order valence-corrected chi connectivity index (χ3v) is 2.87. The molecule has 13 heavy (non-hydrogen) atoms. The molecule has 1 nitrogen and oxygen atoms in total. The monoisotopic (exact) mass is 174 g/mol. The molecule has 0 saturated carbocycles. The van der Waals surface area contributed by atoms with Gasteiger partial charge in [-0.1, -0.05) is 38.1 Å². The van der Waals surface area contributed by atoms with Crippen molar-refractivity contribution < 1.29 is 4.79 Å². The van der Waals surface area contributed by atoms with E-state index in [4.69, 9.17) is 0 Å². The highest BCUT2D eigenvalue weighted by Gasteiger charge is 2.30. The number of carbonyl (C=O) groups is 1. The minimum absolute atomic E-state index is 0.314. The van der Waals surface area contributed by atoms with Crippen LogP contribution in [-0.2, 0) is 0 Å². The second-order valence-corrected chi connectivity index (χ2v) is 4.07. The molecule has 0 saturated heterocycles. The van der Waals surface area contributed by atoms with Gasteiger partial charge in [0.05, 0.1) is 0 Å². The molecule has 1 aliphatic carbocycles. The quantitative estimate of drug-likeness (QED) is 0.639. The lowest BCUT2D eigenvalue weighted by Gasteiger charge is -2.13. The molecule has 0 heterocycles. The van der Waals surface area contributed by atoms with Gasteiger partial charge in [0.2, 0.25) is 0 Å². The number of rotatable bonds is 1. The minimum atomic E-state index is 0.314. The number of Topliss-reactive ketones (excluding diaryl/α,β-unsaturated/α-hetero) is 1. The van der Waals surface area contributed by atoms with Crippen molar-refractivity contribution in [1.82, 2.24) is 0 Å². The number of ketones is 1. The summed E-state index contributed by atoms with van der Waals surface area (Å²) >= 11 is 0. The van der Waals surface area contributed by atoms with Gasteiger partial charge in [0, 0.05) is 12.0 Å². The van der Waals surface area contributed by atoms with Crippen LogP contribution < -0.4 is 0 Å². The largest absolute Gasteiger partial charge is 0.294 e. The topological polar surface area (TPSA) is 17.1 Å². The fraction of sp³-hybridized carbons (Fsp3) is 0.417. The summed E-state index contributed by atoms with van der Waals surface area (Å²) in [5.41, 5.74) is 2.20. The summed E-state index contributed by atoms with van der Waals surface area (Å²) in [4.78, 5) is 11.6. The van der Waals surface area contributed by atoms with Crippen LogP contribution in [0, 0.1) is 5.92 Å². The van der Waals surface area contributed by atoms with Crippen molar-refractivity contribution in [3.05, 3.63) is 35.4 Å². The van der Waals surface area contributed by atoms with Crippen molar-refractivity contribution in [2.75, 3.05) is 0 Å². The van der Waals surface area contributed by atoms with E-state index in [9.17, 15) is 4.79 Å². The van der Waals surface area contributed by atoms with E-state index in [0.717, 1.165) is 5.56 Å². The molecule has 0 bridgehead atoms. The summed E-state index contributed by atoms with van der Waals surface area (Å²) in [7, 11) is 0. The second-order valence-electron chi connectivity index (χ2n) is 4.07. The lowest BCUT2D eigenvalue weighted by atomic mass is 9.90. The molecule has 2 rings (SSSR count). The molecule has 0 aromatic heterocycles. The van der Waals surface area contributed by atoms with Gasteiger partial charge < -0.3 is 0 Å². The van der Waals surface area contributed by atoms with E-state index in [0.29, 0.717) is 24.0 Å². The zero-order valence-corrected chi connectivity index (χ0v) is 8.08. The Morgan fingerprint density at radius 2 is 2.00 bits per heavy atom. The van der Waals surface area contributed by atoms with E-state index < -0.39 is 0 Å². The summed E-state index contributed by atoms with van der Waals surface area (Å²) in [5.74, 6) is 1.32. The normalized spacial score (nSPS) is 20.8. The van der Waals surface area contributed by atoms with E-state index in [1.54, 1.807) is 0 Å². The Kier molecular flexibility index (Phi) is 1.95. The van der Waals surface area contributed by atoms with Gasteiger partial charge in [-0.2, -0.15) is 0 Å². The van der Waals surface area contributed by atoms with Crippen LogP contribution in [-0.4, -0.2) is 5.78 Å². The third kappa shape index (κ3) is 1.28. The Hall–Kier alpha value is -1.11. The molecule has 1 aromatic rings. The number of hydrogen-bond acceptors (Lipinski definition) is 1. The molecular weight excluding hydrogens is 160 g/mol. The Bertz CT molecular complexity index is 339. The van der Waals surface area contributed by atoms with Crippen molar-refractivity contribution in [3.8, 4) is 0 Å². The van der Waals surface area contributed by atoms with Gasteiger partial charge in [-0.05, 0) is 17.4 Å². The van der Waals surface area contributed by atoms with E-state index in [-0.39, 0.29) is 0 Å². The first kappa shape index (κ1) is 8.49. The van der Waals surface area contributed by atoms with Crippen molar-refractivity contribution in [2.24, 2.45) is 5.92 Å². The maximum Gasteiger partial charge on any atom is 0.163 e. The molecule has 1 aliphatic rings. The van der Waals surface area contributed by atoms with E-state index in [1.807, 2.05) is 18.2 Å². The number of fused-ring (bicyclic) bond motifs is 1. The second kappa shape index (κ2) is 2.99. The molecular formula is C12H14O. The minimum Gasteiger partial charge on any atom is -0.294 e. The first-order valence-corrected chi connectivity index (χ1v) is 4.82. The number of benzene rings is 1. The zero-order valence-electron chi connectivity index (χ0n) is 8.08. The van der Waals surface area contributed by atoms with Gasteiger partial charge in [0.15, 0.2) is 5.78 Å². The summed E-state index contributed by atoms with van der Waals surface area (Å²) in [6, 6.07) is 8.00. The van der Waals surface area contributed by atoms with Gasteiger partial charge in [0.25, 0.3) is 0 Å². The van der Waals surface area contributed by atoms with Gasteiger partial charge in [-0.15, -0.1) is 0 Å². The van der Waals surface area contributed by atoms with Crippen molar-refractivity contribution in [3.63, 3.8) is 0 Å². The van der Waals surface area contributed by atoms with Gasteiger partial charge in [0.1, 0.15) is 0 Å². The lowest BCUT2D eigenvalue weighted by Crippen LogP contribution is -2.02. The number of carbonyl (C=O) groups excluding carboxylic acids is 1. The van der Waals surface area contributed by atoms with Crippen LogP contribution in [0.5, 0.6) is 0 Å². The maximum absolute atomic E-state index is 11.6. The SMILES string of the molecule is CC(C)[C@H]1CC(=O)c2ccccc21. The van der Waals surface area contributed by atoms with E-state index in [2.05, 4.69) is 19.9 Å².